The molecule has 0 spiro atoms. The maximum absolute atomic E-state index is 6.09. The maximum Gasteiger partial charge on any atom is 0.123 e. The van der Waals surface area contributed by atoms with E-state index in [9.17, 15) is 0 Å². The highest BCUT2D eigenvalue weighted by Gasteiger charge is 2.05. The number of hydrogen-bond donors (Lipinski definition) is 0. The van der Waals surface area contributed by atoms with Crippen LogP contribution in [0.5, 0.6) is 5.75 Å². The summed E-state index contributed by atoms with van der Waals surface area (Å²) in [6, 6.07) is 11.3. The smallest absolute Gasteiger partial charge is 0.123 e. The van der Waals surface area contributed by atoms with Crippen LogP contribution in [0.25, 0.3) is 0 Å². The van der Waals surface area contributed by atoms with Crippen LogP contribution in [-0.4, -0.2) is 0 Å². The molecule has 0 saturated carbocycles. The Balaban J connectivity index is 2.16. The lowest BCUT2D eigenvalue weighted by Gasteiger charge is -2.11. The lowest BCUT2D eigenvalue weighted by molar-refractivity contribution is 0.304. The van der Waals surface area contributed by atoms with Crippen LogP contribution in [-0.2, 0) is 6.61 Å². The number of ether oxygens (including phenoxy) is 1. The molecule has 0 saturated heterocycles. The van der Waals surface area contributed by atoms with Gasteiger partial charge >= 0.3 is 0 Å². The van der Waals surface area contributed by atoms with Crippen LogP contribution in [0.2, 0.25) is 10.0 Å². The SMILES string of the molecule is Cc1ccc(Br)cc1OCc1cc(Cl)ccc1Cl. The molecule has 1 nitrogen and oxygen atoms in total. The fourth-order valence-electron chi connectivity index (χ4n) is 1.54. The molecule has 0 aliphatic carbocycles. The Hall–Kier alpha value is -0.700. The van der Waals surface area contributed by atoms with Crippen molar-refractivity contribution in [1.29, 1.82) is 0 Å². The average Bonchev–Trinajstić information content (AvgIpc) is 2.34. The Bertz CT molecular complexity index is 518. The third-order valence-corrected chi connectivity index (χ3v) is 3.64. The van der Waals surface area contributed by atoms with E-state index in [4.69, 9.17) is 27.9 Å². The van der Waals surface area contributed by atoms with E-state index < -0.39 is 0 Å². The predicted molar refractivity (Wildman–Crippen MR) is 79.7 cm³/mol. The molecule has 0 aromatic heterocycles. The standard InChI is InChI=1S/C14H11BrCl2O/c1-9-2-3-11(15)7-14(9)18-8-10-6-12(16)4-5-13(10)17/h2-7H,8H2,1H3. The molecule has 0 N–H and O–H groups in total. The number of rotatable bonds is 3. The van der Waals surface area contributed by atoms with Crippen LogP contribution in [0, 0.1) is 6.92 Å². The summed E-state index contributed by atoms with van der Waals surface area (Å²) in [6.45, 7) is 2.40. The van der Waals surface area contributed by atoms with E-state index in [0.717, 1.165) is 21.3 Å². The van der Waals surface area contributed by atoms with Crippen molar-refractivity contribution in [3.8, 4) is 5.75 Å². The molecule has 0 fully saturated rings. The monoisotopic (exact) mass is 344 g/mol. The van der Waals surface area contributed by atoms with Crippen LogP contribution in [0.3, 0.4) is 0 Å². The molecule has 2 aromatic carbocycles. The Kier molecular flexibility index (Phi) is 4.55. The molecule has 0 radical (unpaired) electrons. The highest BCUT2D eigenvalue weighted by Crippen LogP contribution is 2.26. The third kappa shape index (κ3) is 3.41. The molecule has 2 aromatic rings. The van der Waals surface area contributed by atoms with Gasteiger partial charge in [0.2, 0.25) is 0 Å². The van der Waals surface area contributed by atoms with Gasteiger partial charge in [-0.05, 0) is 42.8 Å². The molecule has 0 atom stereocenters. The number of hydrogen-bond acceptors (Lipinski definition) is 1. The zero-order chi connectivity index (χ0) is 13.1. The van der Waals surface area contributed by atoms with E-state index >= 15 is 0 Å². The van der Waals surface area contributed by atoms with Gasteiger partial charge in [0.15, 0.2) is 0 Å². The van der Waals surface area contributed by atoms with Gasteiger partial charge in [0, 0.05) is 20.1 Å². The molecule has 0 amide bonds. The molecule has 0 aliphatic heterocycles. The summed E-state index contributed by atoms with van der Waals surface area (Å²) >= 11 is 15.4. The molecule has 0 unspecified atom stereocenters. The second kappa shape index (κ2) is 5.96. The van der Waals surface area contributed by atoms with E-state index in [2.05, 4.69) is 15.9 Å². The second-order valence-electron chi connectivity index (χ2n) is 3.93. The van der Waals surface area contributed by atoms with Crippen molar-refractivity contribution in [2.75, 3.05) is 0 Å². The molecule has 18 heavy (non-hydrogen) atoms. The summed E-state index contributed by atoms with van der Waals surface area (Å²) in [5.41, 5.74) is 1.96. The minimum Gasteiger partial charge on any atom is -0.489 e. The van der Waals surface area contributed by atoms with Gasteiger partial charge in [0.25, 0.3) is 0 Å². The first-order valence-corrected chi connectivity index (χ1v) is 6.94. The summed E-state index contributed by atoms with van der Waals surface area (Å²) in [4.78, 5) is 0. The Morgan fingerprint density at radius 1 is 1.11 bits per heavy atom. The van der Waals surface area contributed by atoms with Crippen LogP contribution < -0.4 is 4.74 Å². The van der Waals surface area contributed by atoms with Crippen molar-refractivity contribution in [1.82, 2.24) is 0 Å². The largest absolute Gasteiger partial charge is 0.489 e. The lowest BCUT2D eigenvalue weighted by atomic mass is 10.2. The molecular formula is C14H11BrCl2O. The molecule has 94 valence electrons. The van der Waals surface area contributed by atoms with Crippen LogP contribution in [0.15, 0.2) is 40.9 Å². The van der Waals surface area contributed by atoms with Gasteiger partial charge in [-0.1, -0.05) is 45.2 Å². The van der Waals surface area contributed by atoms with Gasteiger partial charge in [0.1, 0.15) is 12.4 Å². The lowest BCUT2D eigenvalue weighted by Crippen LogP contribution is -1.98. The Morgan fingerprint density at radius 2 is 1.89 bits per heavy atom. The van der Waals surface area contributed by atoms with Crippen LogP contribution >= 0.6 is 39.1 Å². The first kappa shape index (κ1) is 13.7. The van der Waals surface area contributed by atoms with Gasteiger partial charge in [-0.3, -0.25) is 0 Å². The molecule has 0 aliphatic rings. The number of halogens is 3. The van der Waals surface area contributed by atoms with Gasteiger partial charge in [0.05, 0.1) is 0 Å². The summed E-state index contributed by atoms with van der Waals surface area (Å²) < 4.78 is 6.75. The van der Waals surface area contributed by atoms with Gasteiger partial charge in [-0.25, -0.2) is 0 Å². The summed E-state index contributed by atoms with van der Waals surface area (Å²) in [6.07, 6.45) is 0. The van der Waals surface area contributed by atoms with Crippen molar-refractivity contribution in [2.45, 2.75) is 13.5 Å². The fraction of sp³-hybridized carbons (Fsp3) is 0.143. The fourth-order valence-corrected chi connectivity index (χ4v) is 2.25. The molecule has 0 bridgehead atoms. The number of benzene rings is 2. The second-order valence-corrected chi connectivity index (χ2v) is 5.69. The predicted octanol–water partition coefficient (Wildman–Crippen LogP) is 5.64. The van der Waals surface area contributed by atoms with Crippen LogP contribution in [0.4, 0.5) is 0 Å². The van der Waals surface area contributed by atoms with Crippen molar-refractivity contribution < 1.29 is 4.74 Å². The van der Waals surface area contributed by atoms with Crippen molar-refractivity contribution in [3.05, 3.63) is 62.0 Å². The topological polar surface area (TPSA) is 9.23 Å². The zero-order valence-electron chi connectivity index (χ0n) is 9.71. The Morgan fingerprint density at radius 3 is 2.67 bits per heavy atom. The first-order chi connectivity index (χ1) is 8.56. The van der Waals surface area contributed by atoms with Crippen molar-refractivity contribution >= 4 is 39.1 Å². The average molecular weight is 346 g/mol. The first-order valence-electron chi connectivity index (χ1n) is 5.39. The van der Waals surface area contributed by atoms with E-state index in [1.165, 1.54) is 0 Å². The van der Waals surface area contributed by atoms with E-state index in [0.29, 0.717) is 16.7 Å². The minimum atomic E-state index is 0.399. The van der Waals surface area contributed by atoms with E-state index in [1.54, 1.807) is 12.1 Å². The van der Waals surface area contributed by atoms with Crippen molar-refractivity contribution in [3.63, 3.8) is 0 Å². The maximum atomic E-state index is 6.09. The van der Waals surface area contributed by atoms with E-state index in [-0.39, 0.29) is 0 Å². The third-order valence-electron chi connectivity index (χ3n) is 2.54. The van der Waals surface area contributed by atoms with Crippen LogP contribution in [0.1, 0.15) is 11.1 Å². The minimum absolute atomic E-state index is 0.399. The molecule has 2 rings (SSSR count). The highest BCUT2D eigenvalue weighted by atomic mass is 79.9. The molecule has 4 heteroatoms. The summed E-state index contributed by atoms with van der Waals surface area (Å²) in [5.74, 6) is 0.834. The zero-order valence-corrected chi connectivity index (χ0v) is 12.8. The Labute approximate surface area is 125 Å². The highest BCUT2D eigenvalue weighted by molar-refractivity contribution is 9.10. The molecular weight excluding hydrogens is 335 g/mol. The quantitative estimate of drug-likeness (QED) is 0.699. The van der Waals surface area contributed by atoms with Gasteiger partial charge in [-0.15, -0.1) is 0 Å². The normalized spacial score (nSPS) is 10.4. The van der Waals surface area contributed by atoms with Gasteiger partial charge < -0.3 is 4.74 Å². The number of aryl methyl sites for hydroxylation is 1. The summed E-state index contributed by atoms with van der Waals surface area (Å²) in [5, 5.41) is 1.32. The summed E-state index contributed by atoms with van der Waals surface area (Å²) in [7, 11) is 0. The van der Waals surface area contributed by atoms with E-state index in [1.807, 2.05) is 31.2 Å². The van der Waals surface area contributed by atoms with Gasteiger partial charge in [-0.2, -0.15) is 0 Å². The van der Waals surface area contributed by atoms with Crippen molar-refractivity contribution in [2.24, 2.45) is 0 Å². The molecule has 0 heterocycles.